The Morgan fingerprint density at radius 1 is 1.27 bits per heavy atom. The maximum Gasteiger partial charge on any atom is 0.416 e. The second-order valence-corrected chi connectivity index (χ2v) is 5.76. The standard InChI is InChI=1S/C17H17ClF3N3O2/c1-26-8-2-6-23-16(25)11-5-7-22-15(9-11)24-14-10-12(17(19,20)21)3-4-13(14)18/h3-5,7,9-10H,2,6,8H2,1H3,(H,22,24)(H,23,25). The molecule has 0 atom stereocenters. The van der Waals surface area contributed by atoms with Crippen LogP contribution in [0.2, 0.25) is 5.02 Å². The van der Waals surface area contributed by atoms with E-state index in [0.717, 1.165) is 18.2 Å². The number of anilines is 2. The van der Waals surface area contributed by atoms with Crippen LogP contribution in [0, 0.1) is 0 Å². The largest absolute Gasteiger partial charge is 0.416 e. The number of alkyl halides is 3. The first-order valence-corrected chi connectivity index (χ1v) is 8.06. The number of amides is 1. The number of halogens is 4. The molecule has 0 aliphatic rings. The summed E-state index contributed by atoms with van der Waals surface area (Å²) >= 11 is 5.95. The molecule has 0 aliphatic carbocycles. The highest BCUT2D eigenvalue weighted by Crippen LogP contribution is 2.34. The summed E-state index contributed by atoms with van der Waals surface area (Å²) in [7, 11) is 1.57. The van der Waals surface area contributed by atoms with Crippen LogP contribution in [0.4, 0.5) is 24.7 Å². The minimum atomic E-state index is -4.49. The van der Waals surface area contributed by atoms with Gasteiger partial charge in [0.1, 0.15) is 5.82 Å². The van der Waals surface area contributed by atoms with Crippen molar-refractivity contribution < 1.29 is 22.7 Å². The molecule has 5 nitrogen and oxygen atoms in total. The second-order valence-electron chi connectivity index (χ2n) is 5.35. The lowest BCUT2D eigenvalue weighted by molar-refractivity contribution is -0.137. The first-order chi connectivity index (χ1) is 12.3. The lowest BCUT2D eigenvalue weighted by Gasteiger charge is -2.12. The Hall–Kier alpha value is -2.32. The number of pyridine rings is 1. The van der Waals surface area contributed by atoms with E-state index < -0.39 is 11.7 Å². The summed E-state index contributed by atoms with van der Waals surface area (Å²) in [5.41, 5.74) is -0.467. The molecular formula is C17H17ClF3N3O2. The molecule has 9 heteroatoms. The molecule has 0 spiro atoms. The monoisotopic (exact) mass is 387 g/mol. The van der Waals surface area contributed by atoms with Crippen molar-refractivity contribution >= 4 is 29.0 Å². The number of rotatable bonds is 7. The van der Waals surface area contributed by atoms with Crippen molar-refractivity contribution in [2.75, 3.05) is 25.6 Å². The quantitative estimate of drug-likeness (QED) is 0.697. The van der Waals surface area contributed by atoms with E-state index in [-0.39, 0.29) is 22.4 Å². The molecule has 1 aromatic heterocycles. The molecule has 2 rings (SSSR count). The number of benzene rings is 1. The van der Waals surface area contributed by atoms with Crippen molar-refractivity contribution in [3.05, 3.63) is 52.7 Å². The predicted molar refractivity (Wildman–Crippen MR) is 92.8 cm³/mol. The van der Waals surface area contributed by atoms with Crippen LogP contribution in [-0.2, 0) is 10.9 Å². The second kappa shape index (κ2) is 8.86. The number of carbonyl (C=O) groups is 1. The van der Waals surface area contributed by atoms with Crippen molar-refractivity contribution in [1.29, 1.82) is 0 Å². The Morgan fingerprint density at radius 3 is 2.73 bits per heavy atom. The zero-order valence-corrected chi connectivity index (χ0v) is 14.6. The third-order valence-corrected chi connectivity index (χ3v) is 3.72. The molecule has 1 aromatic carbocycles. The van der Waals surface area contributed by atoms with E-state index in [1.54, 1.807) is 7.11 Å². The highest BCUT2D eigenvalue weighted by molar-refractivity contribution is 6.33. The first kappa shape index (κ1) is 20.0. The summed E-state index contributed by atoms with van der Waals surface area (Å²) in [6.07, 6.45) is -2.44. The number of nitrogens with zero attached hydrogens (tertiary/aromatic N) is 1. The Morgan fingerprint density at radius 2 is 2.04 bits per heavy atom. The molecule has 0 saturated carbocycles. The SMILES string of the molecule is COCCCNC(=O)c1ccnc(Nc2cc(C(F)(F)F)ccc2Cl)c1. The number of nitrogens with one attached hydrogen (secondary N) is 2. The summed E-state index contributed by atoms with van der Waals surface area (Å²) in [4.78, 5) is 16.1. The summed E-state index contributed by atoms with van der Waals surface area (Å²) in [5, 5.41) is 5.53. The molecule has 0 radical (unpaired) electrons. The molecule has 0 fully saturated rings. The maximum atomic E-state index is 12.8. The number of carbonyl (C=O) groups excluding carboxylic acids is 1. The fourth-order valence-electron chi connectivity index (χ4n) is 2.10. The minimum Gasteiger partial charge on any atom is -0.385 e. The Kier molecular flexibility index (Phi) is 6.82. The molecule has 2 aromatic rings. The van der Waals surface area contributed by atoms with Gasteiger partial charge >= 0.3 is 6.18 Å². The molecule has 0 saturated heterocycles. The van der Waals surface area contributed by atoms with Crippen molar-refractivity contribution in [3.8, 4) is 0 Å². The Labute approximate surface area is 153 Å². The lowest BCUT2D eigenvalue weighted by Crippen LogP contribution is -2.25. The predicted octanol–water partition coefficient (Wildman–Crippen LogP) is 4.26. The first-order valence-electron chi connectivity index (χ1n) is 7.68. The van der Waals surface area contributed by atoms with Crippen LogP contribution in [0.1, 0.15) is 22.3 Å². The molecule has 26 heavy (non-hydrogen) atoms. The summed E-state index contributed by atoms with van der Waals surface area (Å²) in [6, 6.07) is 5.87. The van der Waals surface area contributed by atoms with Gasteiger partial charge in [-0.3, -0.25) is 4.79 Å². The van der Waals surface area contributed by atoms with Gasteiger partial charge in [0, 0.05) is 32.0 Å². The van der Waals surface area contributed by atoms with E-state index in [1.165, 1.54) is 18.3 Å². The van der Waals surface area contributed by atoms with Gasteiger partial charge in [0.05, 0.1) is 16.3 Å². The van der Waals surface area contributed by atoms with Gasteiger partial charge in [0.15, 0.2) is 0 Å². The van der Waals surface area contributed by atoms with E-state index in [2.05, 4.69) is 15.6 Å². The van der Waals surface area contributed by atoms with E-state index in [1.807, 2.05) is 0 Å². The van der Waals surface area contributed by atoms with Crippen LogP contribution in [0.15, 0.2) is 36.5 Å². The van der Waals surface area contributed by atoms with Crippen LogP contribution in [-0.4, -0.2) is 31.2 Å². The van der Waals surface area contributed by atoms with E-state index in [9.17, 15) is 18.0 Å². The van der Waals surface area contributed by atoms with Crippen molar-refractivity contribution in [1.82, 2.24) is 10.3 Å². The number of hydrogen-bond acceptors (Lipinski definition) is 4. The molecule has 0 bridgehead atoms. The maximum absolute atomic E-state index is 12.8. The third-order valence-electron chi connectivity index (χ3n) is 3.39. The van der Waals surface area contributed by atoms with Gasteiger partial charge in [-0.25, -0.2) is 4.98 Å². The van der Waals surface area contributed by atoms with Crippen LogP contribution in [0.25, 0.3) is 0 Å². The van der Waals surface area contributed by atoms with Gasteiger partial charge in [0.2, 0.25) is 0 Å². The van der Waals surface area contributed by atoms with Crippen LogP contribution >= 0.6 is 11.6 Å². The van der Waals surface area contributed by atoms with Gasteiger partial charge in [-0.05, 0) is 36.8 Å². The fraction of sp³-hybridized carbons (Fsp3) is 0.294. The van der Waals surface area contributed by atoms with E-state index >= 15 is 0 Å². The van der Waals surface area contributed by atoms with Gasteiger partial charge < -0.3 is 15.4 Å². The molecule has 2 N–H and O–H groups in total. The molecule has 1 heterocycles. The Bertz CT molecular complexity index is 769. The Balaban J connectivity index is 2.12. The average Bonchev–Trinajstić information content (AvgIpc) is 2.60. The molecule has 0 unspecified atom stereocenters. The van der Waals surface area contributed by atoms with Gasteiger partial charge in [-0.1, -0.05) is 11.6 Å². The van der Waals surface area contributed by atoms with Crippen LogP contribution < -0.4 is 10.6 Å². The zero-order chi connectivity index (χ0) is 19.2. The van der Waals surface area contributed by atoms with Gasteiger partial charge in [-0.2, -0.15) is 13.2 Å². The third kappa shape index (κ3) is 5.60. The highest BCUT2D eigenvalue weighted by Gasteiger charge is 2.31. The van der Waals surface area contributed by atoms with Crippen LogP contribution in [0.3, 0.4) is 0 Å². The van der Waals surface area contributed by atoms with Crippen molar-refractivity contribution in [2.45, 2.75) is 12.6 Å². The number of hydrogen-bond donors (Lipinski definition) is 2. The summed E-state index contributed by atoms with van der Waals surface area (Å²) in [5.74, 6) is -0.113. The van der Waals surface area contributed by atoms with E-state index in [4.69, 9.17) is 16.3 Å². The molecular weight excluding hydrogens is 371 g/mol. The average molecular weight is 388 g/mol. The minimum absolute atomic E-state index is 0.0478. The topological polar surface area (TPSA) is 63.2 Å². The normalized spacial score (nSPS) is 11.3. The smallest absolute Gasteiger partial charge is 0.385 e. The molecule has 0 aliphatic heterocycles. The molecule has 140 valence electrons. The zero-order valence-electron chi connectivity index (χ0n) is 13.9. The highest BCUT2D eigenvalue weighted by atomic mass is 35.5. The van der Waals surface area contributed by atoms with Gasteiger partial charge in [0.25, 0.3) is 5.91 Å². The number of aromatic nitrogens is 1. The van der Waals surface area contributed by atoms with E-state index in [0.29, 0.717) is 25.1 Å². The van der Waals surface area contributed by atoms with Crippen LogP contribution in [0.5, 0.6) is 0 Å². The van der Waals surface area contributed by atoms with Gasteiger partial charge in [-0.15, -0.1) is 0 Å². The van der Waals surface area contributed by atoms with Crippen molar-refractivity contribution in [2.24, 2.45) is 0 Å². The number of ether oxygens (including phenoxy) is 1. The lowest BCUT2D eigenvalue weighted by atomic mass is 10.2. The fourth-order valence-corrected chi connectivity index (χ4v) is 2.26. The molecule has 1 amide bonds. The van der Waals surface area contributed by atoms with Crippen molar-refractivity contribution in [3.63, 3.8) is 0 Å². The number of methoxy groups -OCH3 is 1. The summed E-state index contributed by atoms with van der Waals surface area (Å²) < 4.78 is 43.4. The summed E-state index contributed by atoms with van der Waals surface area (Å²) in [6.45, 7) is 0.967.